The molecule has 0 radical (unpaired) electrons. The Balaban J connectivity index is 3.10. The number of rotatable bonds is 4. The first-order chi connectivity index (χ1) is 8.09. The molecule has 0 saturated heterocycles. The van der Waals surface area contributed by atoms with Crippen LogP contribution in [0, 0.1) is 18.2 Å². The Morgan fingerprint density at radius 3 is 2.39 bits per heavy atom. The molecule has 0 saturated carbocycles. The van der Waals surface area contributed by atoms with Crippen LogP contribution >= 0.6 is 0 Å². The van der Waals surface area contributed by atoms with E-state index >= 15 is 0 Å². The highest BCUT2D eigenvalue weighted by molar-refractivity contribution is 5.76. The van der Waals surface area contributed by atoms with Crippen molar-refractivity contribution < 1.29 is 14.3 Å². The van der Waals surface area contributed by atoms with Gasteiger partial charge in [0.15, 0.2) is 11.6 Å². The van der Waals surface area contributed by atoms with E-state index < -0.39 is 22.7 Å². The number of carboxylic acids is 1. The van der Waals surface area contributed by atoms with Gasteiger partial charge in [0.2, 0.25) is 0 Å². The predicted octanol–water partition coefficient (Wildman–Crippen LogP) is 2.23. The number of hydrogen-bond acceptors (Lipinski definition) is 4. The van der Waals surface area contributed by atoms with Crippen LogP contribution < -0.4 is 5.32 Å². The fraction of sp³-hybridized carbons (Fsp3) is 0.583. The Bertz CT molecular complexity index is 472. The van der Waals surface area contributed by atoms with Crippen LogP contribution in [0.5, 0.6) is 0 Å². The fourth-order valence-electron chi connectivity index (χ4n) is 1.26. The van der Waals surface area contributed by atoms with Crippen molar-refractivity contribution in [2.75, 3.05) is 5.32 Å². The van der Waals surface area contributed by atoms with Crippen molar-refractivity contribution in [1.29, 1.82) is 0 Å². The van der Waals surface area contributed by atoms with Gasteiger partial charge in [-0.2, -0.15) is 0 Å². The Kier molecular flexibility index (Phi) is 3.59. The molecule has 0 fully saturated rings. The molecule has 0 aromatic carbocycles. The molecule has 5 nitrogen and oxygen atoms in total. The molecule has 1 aromatic heterocycles. The van der Waals surface area contributed by atoms with Crippen molar-refractivity contribution in [3.05, 3.63) is 17.8 Å². The highest BCUT2D eigenvalue weighted by atomic mass is 19.1. The van der Waals surface area contributed by atoms with Crippen LogP contribution in [0.1, 0.15) is 33.4 Å². The third-order valence-electron chi connectivity index (χ3n) is 3.49. The molecule has 0 amide bonds. The summed E-state index contributed by atoms with van der Waals surface area (Å²) >= 11 is 0. The number of aliphatic carboxylic acids is 1. The molecular weight excluding hydrogens is 237 g/mol. The number of carbonyl (C=O) groups is 1. The number of carboxylic acid groups (broad SMARTS) is 1. The van der Waals surface area contributed by atoms with E-state index in [1.807, 2.05) is 0 Å². The Labute approximate surface area is 105 Å². The highest BCUT2D eigenvalue weighted by Gasteiger charge is 2.44. The Hall–Kier alpha value is -1.72. The molecule has 0 spiro atoms. The number of aryl methyl sites for hydroxylation is 1. The molecule has 1 aromatic rings. The van der Waals surface area contributed by atoms with E-state index in [-0.39, 0.29) is 11.5 Å². The van der Waals surface area contributed by atoms with Crippen LogP contribution in [-0.2, 0) is 4.79 Å². The number of anilines is 1. The zero-order valence-electron chi connectivity index (χ0n) is 11.2. The van der Waals surface area contributed by atoms with E-state index in [0.29, 0.717) is 0 Å². The summed E-state index contributed by atoms with van der Waals surface area (Å²) in [6.07, 6.45) is 1.24. The molecule has 0 unspecified atom stereocenters. The van der Waals surface area contributed by atoms with Gasteiger partial charge in [-0.1, -0.05) is 0 Å². The maximum absolute atomic E-state index is 13.8. The largest absolute Gasteiger partial charge is 0.481 e. The standard InChI is InChI=1S/C12H18FN3O2/c1-7-8(13)9(15-6-14-7)16-12(4,5)11(2,3)10(17)18/h6H,1-5H3,(H,17,18)(H,14,15,16). The molecule has 18 heavy (non-hydrogen) atoms. The van der Waals surface area contributed by atoms with Gasteiger partial charge in [-0.25, -0.2) is 14.4 Å². The lowest BCUT2D eigenvalue weighted by atomic mass is 9.74. The second kappa shape index (κ2) is 4.51. The van der Waals surface area contributed by atoms with Gasteiger partial charge in [0.1, 0.15) is 6.33 Å². The third-order valence-corrected chi connectivity index (χ3v) is 3.49. The van der Waals surface area contributed by atoms with Crippen LogP contribution in [-0.4, -0.2) is 26.6 Å². The van der Waals surface area contributed by atoms with Crippen molar-refractivity contribution in [3.63, 3.8) is 0 Å². The van der Waals surface area contributed by atoms with Gasteiger partial charge in [-0.15, -0.1) is 0 Å². The van der Waals surface area contributed by atoms with Crippen molar-refractivity contribution in [2.45, 2.75) is 40.2 Å². The third kappa shape index (κ3) is 2.42. The van der Waals surface area contributed by atoms with Gasteiger partial charge in [0, 0.05) is 5.54 Å². The van der Waals surface area contributed by atoms with E-state index in [9.17, 15) is 14.3 Å². The minimum Gasteiger partial charge on any atom is -0.481 e. The number of nitrogens with zero attached hydrogens (tertiary/aromatic N) is 2. The first-order valence-corrected chi connectivity index (χ1v) is 5.58. The van der Waals surface area contributed by atoms with Gasteiger partial charge < -0.3 is 10.4 Å². The first-order valence-electron chi connectivity index (χ1n) is 5.58. The monoisotopic (exact) mass is 255 g/mol. The maximum Gasteiger partial charge on any atom is 0.311 e. The molecule has 6 heteroatoms. The maximum atomic E-state index is 13.8. The second-order valence-corrected chi connectivity index (χ2v) is 5.30. The summed E-state index contributed by atoms with van der Waals surface area (Å²) in [5, 5.41) is 12.1. The molecule has 0 aliphatic rings. The summed E-state index contributed by atoms with van der Waals surface area (Å²) in [6.45, 7) is 8.07. The highest BCUT2D eigenvalue weighted by Crippen LogP contribution is 2.34. The normalized spacial score (nSPS) is 12.3. The van der Waals surface area contributed by atoms with Crippen LogP contribution in [0.25, 0.3) is 0 Å². The van der Waals surface area contributed by atoms with Crippen molar-refractivity contribution in [1.82, 2.24) is 9.97 Å². The van der Waals surface area contributed by atoms with Gasteiger partial charge in [-0.05, 0) is 34.6 Å². The summed E-state index contributed by atoms with van der Waals surface area (Å²) in [6, 6.07) is 0. The Morgan fingerprint density at radius 2 is 1.89 bits per heavy atom. The van der Waals surface area contributed by atoms with Crippen LogP contribution in [0.2, 0.25) is 0 Å². The van der Waals surface area contributed by atoms with Crippen molar-refractivity contribution >= 4 is 11.8 Å². The van der Waals surface area contributed by atoms with E-state index in [2.05, 4.69) is 15.3 Å². The zero-order chi connectivity index (χ0) is 14.1. The number of aromatic nitrogens is 2. The van der Waals surface area contributed by atoms with Crippen LogP contribution in [0.4, 0.5) is 10.2 Å². The smallest absolute Gasteiger partial charge is 0.311 e. The summed E-state index contributed by atoms with van der Waals surface area (Å²) in [7, 11) is 0. The first kappa shape index (κ1) is 14.3. The molecular formula is C12H18FN3O2. The SMILES string of the molecule is Cc1ncnc(NC(C)(C)C(C)(C)C(=O)O)c1F. The average Bonchev–Trinajstić information content (AvgIpc) is 2.24. The molecule has 0 atom stereocenters. The van der Waals surface area contributed by atoms with Gasteiger partial charge in [0.25, 0.3) is 0 Å². The summed E-state index contributed by atoms with van der Waals surface area (Å²) in [5.74, 6) is -1.51. The number of nitrogens with one attached hydrogen (secondary N) is 1. The molecule has 0 aliphatic carbocycles. The van der Waals surface area contributed by atoms with E-state index in [1.54, 1.807) is 27.7 Å². The minimum atomic E-state index is -1.09. The molecule has 0 aliphatic heterocycles. The van der Waals surface area contributed by atoms with Crippen molar-refractivity contribution in [3.8, 4) is 0 Å². The predicted molar refractivity (Wildman–Crippen MR) is 65.8 cm³/mol. The van der Waals surface area contributed by atoms with Crippen LogP contribution in [0.3, 0.4) is 0 Å². The molecule has 0 bridgehead atoms. The number of halogens is 1. The lowest BCUT2D eigenvalue weighted by molar-refractivity contribution is -0.149. The molecule has 1 heterocycles. The quantitative estimate of drug-likeness (QED) is 0.862. The van der Waals surface area contributed by atoms with E-state index in [0.717, 1.165) is 0 Å². The molecule has 1 rings (SSSR count). The lowest BCUT2D eigenvalue weighted by Gasteiger charge is -2.39. The zero-order valence-corrected chi connectivity index (χ0v) is 11.2. The van der Waals surface area contributed by atoms with E-state index in [4.69, 9.17) is 0 Å². The van der Waals surface area contributed by atoms with Gasteiger partial charge in [-0.3, -0.25) is 4.79 Å². The Morgan fingerprint density at radius 1 is 1.33 bits per heavy atom. The lowest BCUT2D eigenvalue weighted by Crippen LogP contribution is -2.51. The summed E-state index contributed by atoms with van der Waals surface area (Å²) < 4.78 is 13.8. The minimum absolute atomic E-state index is 0.0156. The van der Waals surface area contributed by atoms with E-state index in [1.165, 1.54) is 13.3 Å². The molecule has 2 N–H and O–H groups in total. The van der Waals surface area contributed by atoms with Crippen molar-refractivity contribution in [2.24, 2.45) is 5.41 Å². The van der Waals surface area contributed by atoms with Crippen LogP contribution in [0.15, 0.2) is 6.33 Å². The van der Waals surface area contributed by atoms with Gasteiger partial charge >= 0.3 is 5.97 Å². The van der Waals surface area contributed by atoms with Gasteiger partial charge in [0.05, 0.1) is 11.1 Å². The topological polar surface area (TPSA) is 75.1 Å². The number of hydrogen-bond donors (Lipinski definition) is 2. The average molecular weight is 255 g/mol. The molecule has 100 valence electrons. The fourth-order valence-corrected chi connectivity index (χ4v) is 1.26. The summed E-state index contributed by atoms with van der Waals surface area (Å²) in [4.78, 5) is 18.8. The summed E-state index contributed by atoms with van der Waals surface area (Å²) in [5.41, 5.74) is -1.74. The second-order valence-electron chi connectivity index (χ2n) is 5.30.